The molecule has 0 N–H and O–H groups in total. The maximum absolute atomic E-state index is 4.50. The van der Waals surface area contributed by atoms with E-state index in [2.05, 4.69) is 84.5 Å². The molecule has 2 nitrogen and oxygen atoms in total. The van der Waals surface area contributed by atoms with E-state index >= 15 is 0 Å². The SMILES string of the molecule is CC(C)c1ccnc(-c2[c-]ccc(-c3ccccc3)c2)c1.[Ir].[c-]1ccccc1-c1ccccn1. The van der Waals surface area contributed by atoms with Crippen LogP contribution >= 0.6 is 0 Å². The summed E-state index contributed by atoms with van der Waals surface area (Å²) in [4.78, 5) is 8.71. The van der Waals surface area contributed by atoms with Crippen LogP contribution in [0.15, 0.2) is 116 Å². The Labute approximate surface area is 216 Å². The van der Waals surface area contributed by atoms with Crippen molar-refractivity contribution in [1.82, 2.24) is 9.97 Å². The molecule has 3 aromatic carbocycles. The van der Waals surface area contributed by atoms with Crippen molar-refractivity contribution in [1.29, 1.82) is 0 Å². The maximum atomic E-state index is 4.50. The monoisotopic (exact) mass is 619 g/mol. The first-order valence-corrected chi connectivity index (χ1v) is 11.1. The van der Waals surface area contributed by atoms with Gasteiger partial charge in [0, 0.05) is 32.5 Å². The van der Waals surface area contributed by atoms with Gasteiger partial charge in [-0.1, -0.05) is 67.9 Å². The van der Waals surface area contributed by atoms with E-state index in [1.165, 1.54) is 16.7 Å². The number of nitrogens with zero attached hydrogens (tertiary/aromatic N) is 2. The fraction of sp³-hybridized carbons (Fsp3) is 0.0968. The average molecular weight is 619 g/mol. The van der Waals surface area contributed by atoms with Crippen LogP contribution in [0.4, 0.5) is 0 Å². The Morgan fingerprint density at radius 3 is 2.03 bits per heavy atom. The van der Waals surface area contributed by atoms with Crippen LogP contribution in [0, 0.1) is 12.1 Å². The fourth-order valence-corrected chi connectivity index (χ4v) is 3.45. The second-order valence-corrected chi connectivity index (χ2v) is 7.98. The van der Waals surface area contributed by atoms with Gasteiger partial charge in [0.15, 0.2) is 0 Å². The Hall–Kier alpha value is -3.39. The van der Waals surface area contributed by atoms with Gasteiger partial charge in [-0.2, -0.15) is 0 Å². The summed E-state index contributed by atoms with van der Waals surface area (Å²) in [6, 6.07) is 41.0. The standard InChI is InChI=1S/C20H18N.C11H8N.Ir/c1-15(2)17-11-12-21-20(14-17)19-10-6-9-18(13-19)16-7-4-3-5-8-16;1-2-6-10(7-3-1)11-8-4-5-9-12-11;/h3-9,11-15H,1-2H3;1-6,8-9H;/q2*-1;. The molecular weight excluding hydrogens is 593 g/mol. The van der Waals surface area contributed by atoms with E-state index in [0.29, 0.717) is 5.92 Å². The van der Waals surface area contributed by atoms with Crippen LogP contribution in [0.5, 0.6) is 0 Å². The van der Waals surface area contributed by atoms with Gasteiger partial charge in [-0.15, -0.1) is 71.3 Å². The largest absolute Gasteiger partial charge is 0.305 e. The van der Waals surface area contributed by atoms with Crippen molar-refractivity contribution in [2.45, 2.75) is 19.8 Å². The van der Waals surface area contributed by atoms with Gasteiger partial charge in [-0.3, -0.25) is 0 Å². The van der Waals surface area contributed by atoms with E-state index in [-0.39, 0.29) is 20.1 Å². The molecule has 0 amide bonds. The van der Waals surface area contributed by atoms with E-state index in [4.69, 9.17) is 0 Å². The molecule has 0 fully saturated rings. The topological polar surface area (TPSA) is 25.8 Å². The first kappa shape index (κ1) is 25.2. The normalized spacial score (nSPS) is 10.1. The molecule has 0 aliphatic heterocycles. The summed E-state index contributed by atoms with van der Waals surface area (Å²) in [6.07, 6.45) is 3.67. The Kier molecular flexibility index (Phi) is 9.46. The van der Waals surface area contributed by atoms with Gasteiger partial charge in [-0.05, 0) is 35.0 Å². The number of rotatable bonds is 4. The fourth-order valence-electron chi connectivity index (χ4n) is 3.45. The quantitative estimate of drug-likeness (QED) is 0.192. The van der Waals surface area contributed by atoms with Gasteiger partial charge in [0.25, 0.3) is 0 Å². The smallest absolute Gasteiger partial charge is 0.0163 e. The molecule has 2 heterocycles. The summed E-state index contributed by atoms with van der Waals surface area (Å²) in [6.45, 7) is 4.40. The van der Waals surface area contributed by atoms with E-state index in [1.54, 1.807) is 6.20 Å². The minimum atomic E-state index is 0. The second kappa shape index (κ2) is 12.7. The van der Waals surface area contributed by atoms with Crippen molar-refractivity contribution in [2.24, 2.45) is 0 Å². The zero-order chi connectivity index (χ0) is 22.9. The van der Waals surface area contributed by atoms with Gasteiger partial charge < -0.3 is 9.97 Å². The molecule has 0 aliphatic carbocycles. The minimum Gasteiger partial charge on any atom is -0.305 e. The first-order valence-electron chi connectivity index (χ1n) is 11.1. The molecule has 5 aromatic rings. The molecule has 34 heavy (non-hydrogen) atoms. The van der Waals surface area contributed by atoms with Crippen molar-refractivity contribution in [3.05, 3.63) is 133 Å². The van der Waals surface area contributed by atoms with Gasteiger partial charge in [-0.25, -0.2) is 0 Å². The summed E-state index contributed by atoms with van der Waals surface area (Å²) >= 11 is 0. The number of benzene rings is 3. The van der Waals surface area contributed by atoms with Crippen LogP contribution in [-0.4, -0.2) is 9.97 Å². The van der Waals surface area contributed by atoms with Gasteiger partial charge in [0.2, 0.25) is 0 Å². The number of hydrogen-bond donors (Lipinski definition) is 0. The summed E-state index contributed by atoms with van der Waals surface area (Å²) in [5, 5.41) is 0. The van der Waals surface area contributed by atoms with Crippen molar-refractivity contribution in [2.75, 3.05) is 0 Å². The molecule has 0 atom stereocenters. The molecule has 0 saturated carbocycles. The summed E-state index contributed by atoms with van der Waals surface area (Å²) in [5.74, 6) is 0.504. The molecule has 3 heteroatoms. The van der Waals surface area contributed by atoms with Gasteiger partial charge in [0.05, 0.1) is 0 Å². The third kappa shape index (κ3) is 6.81. The molecular formula is C31H26IrN2-2. The zero-order valence-electron chi connectivity index (χ0n) is 19.3. The van der Waals surface area contributed by atoms with Crippen molar-refractivity contribution >= 4 is 0 Å². The minimum absolute atomic E-state index is 0. The Bertz CT molecular complexity index is 1230. The maximum Gasteiger partial charge on any atom is 0.0163 e. The van der Waals surface area contributed by atoms with E-state index in [1.807, 2.05) is 60.8 Å². The molecule has 1 radical (unpaired) electrons. The van der Waals surface area contributed by atoms with Crippen LogP contribution in [-0.2, 0) is 20.1 Å². The number of pyridine rings is 2. The molecule has 0 saturated heterocycles. The molecule has 5 rings (SSSR count). The Balaban J connectivity index is 0.000000212. The average Bonchev–Trinajstić information content (AvgIpc) is 2.91. The summed E-state index contributed by atoms with van der Waals surface area (Å²) < 4.78 is 0. The number of aromatic nitrogens is 2. The predicted octanol–water partition coefficient (Wildman–Crippen LogP) is 7.89. The van der Waals surface area contributed by atoms with Crippen LogP contribution in [0.1, 0.15) is 25.3 Å². The molecule has 0 unspecified atom stereocenters. The van der Waals surface area contributed by atoms with Gasteiger partial charge >= 0.3 is 0 Å². The van der Waals surface area contributed by atoms with Crippen LogP contribution in [0.25, 0.3) is 33.6 Å². The molecule has 2 aromatic heterocycles. The summed E-state index contributed by atoms with van der Waals surface area (Å²) in [5.41, 5.74) is 7.75. The van der Waals surface area contributed by atoms with Crippen molar-refractivity contribution in [3.63, 3.8) is 0 Å². The van der Waals surface area contributed by atoms with Gasteiger partial charge in [0.1, 0.15) is 0 Å². The Morgan fingerprint density at radius 1 is 0.588 bits per heavy atom. The van der Waals surface area contributed by atoms with Crippen LogP contribution in [0.2, 0.25) is 0 Å². The van der Waals surface area contributed by atoms with Crippen LogP contribution < -0.4 is 0 Å². The summed E-state index contributed by atoms with van der Waals surface area (Å²) in [7, 11) is 0. The van der Waals surface area contributed by atoms with Crippen LogP contribution in [0.3, 0.4) is 0 Å². The molecule has 0 aliphatic rings. The predicted molar refractivity (Wildman–Crippen MR) is 137 cm³/mol. The molecule has 171 valence electrons. The van der Waals surface area contributed by atoms with E-state index in [0.717, 1.165) is 22.5 Å². The van der Waals surface area contributed by atoms with Crippen molar-refractivity contribution in [3.8, 4) is 33.6 Å². The molecule has 0 bridgehead atoms. The first-order chi connectivity index (χ1) is 16.2. The third-order valence-corrected chi connectivity index (χ3v) is 5.29. The molecule has 0 spiro atoms. The third-order valence-electron chi connectivity index (χ3n) is 5.29. The number of hydrogen-bond acceptors (Lipinski definition) is 2. The second-order valence-electron chi connectivity index (χ2n) is 7.98. The van der Waals surface area contributed by atoms with E-state index in [9.17, 15) is 0 Å². The zero-order valence-corrected chi connectivity index (χ0v) is 21.7. The van der Waals surface area contributed by atoms with E-state index < -0.39 is 0 Å². The Morgan fingerprint density at radius 2 is 1.32 bits per heavy atom. The van der Waals surface area contributed by atoms with Crippen molar-refractivity contribution < 1.29 is 20.1 Å².